The fraction of sp³-hybridized carbons (Fsp3) is 0.615. The normalized spacial score (nSPS) is 12.3. The van der Waals surface area contributed by atoms with Crippen LogP contribution in [0.25, 0.3) is 0 Å². The topological polar surface area (TPSA) is 64.8 Å². The third-order valence-electron chi connectivity index (χ3n) is 2.86. The molecule has 1 unspecified atom stereocenters. The van der Waals surface area contributed by atoms with Gasteiger partial charge < -0.3 is 10.2 Å². The summed E-state index contributed by atoms with van der Waals surface area (Å²) in [5.74, 6) is 1.07. The Morgan fingerprint density at radius 2 is 2.00 bits per heavy atom. The van der Waals surface area contributed by atoms with Crippen LogP contribution in [-0.2, 0) is 0 Å². The summed E-state index contributed by atoms with van der Waals surface area (Å²) in [6.07, 6.45) is 0. The maximum Gasteiger partial charge on any atom is 0.166 e. The maximum atomic E-state index is 9.17. The molecule has 1 aromatic heterocycles. The lowest BCUT2D eigenvalue weighted by atomic mass is 10.1. The van der Waals surface area contributed by atoms with E-state index >= 15 is 0 Å². The van der Waals surface area contributed by atoms with Gasteiger partial charge in [0.15, 0.2) is 5.82 Å². The number of nitriles is 1. The van der Waals surface area contributed by atoms with Crippen LogP contribution in [0.2, 0.25) is 0 Å². The lowest BCUT2D eigenvalue weighted by Gasteiger charge is -2.18. The van der Waals surface area contributed by atoms with Crippen molar-refractivity contribution in [3.8, 4) is 6.07 Å². The molecule has 0 amide bonds. The van der Waals surface area contributed by atoms with Crippen LogP contribution in [0.1, 0.15) is 23.7 Å². The molecule has 1 N–H and O–H groups in total. The second kappa shape index (κ2) is 6.31. The molecule has 98 valence electrons. The Balaban J connectivity index is 2.74. The minimum absolute atomic E-state index is 0.481. The number of anilines is 1. The molecule has 0 aliphatic carbocycles. The van der Waals surface area contributed by atoms with E-state index in [-0.39, 0.29) is 0 Å². The van der Waals surface area contributed by atoms with Crippen LogP contribution in [0.5, 0.6) is 0 Å². The number of nitrogens with zero attached hydrogens (tertiary/aromatic N) is 4. The zero-order valence-electron chi connectivity index (χ0n) is 11.8. The summed E-state index contributed by atoms with van der Waals surface area (Å²) in [6.45, 7) is 7.70. The number of aryl methyl sites for hydroxylation is 1. The summed E-state index contributed by atoms with van der Waals surface area (Å²) >= 11 is 0. The smallest absolute Gasteiger partial charge is 0.166 e. The average Bonchev–Trinajstić information content (AvgIpc) is 2.29. The quantitative estimate of drug-likeness (QED) is 0.855. The molecule has 1 rings (SSSR count). The molecule has 1 aromatic rings. The second-order valence-electron chi connectivity index (χ2n) is 4.99. The first kappa shape index (κ1) is 14.4. The first-order valence-electron chi connectivity index (χ1n) is 6.08. The predicted octanol–water partition coefficient (Wildman–Crippen LogP) is 1.57. The number of hydrogen-bond acceptors (Lipinski definition) is 5. The summed E-state index contributed by atoms with van der Waals surface area (Å²) < 4.78 is 0. The first-order valence-corrected chi connectivity index (χ1v) is 6.08. The van der Waals surface area contributed by atoms with E-state index in [1.54, 1.807) is 0 Å². The molecule has 5 nitrogen and oxygen atoms in total. The Labute approximate surface area is 109 Å². The molecule has 0 radical (unpaired) electrons. The van der Waals surface area contributed by atoms with Crippen LogP contribution in [0.4, 0.5) is 5.82 Å². The standard InChI is InChI=1S/C13H21N5/c1-9(8-18(4)5)7-15-13-12(6-14)10(2)11(3)16-17-13/h9H,7-8H2,1-5H3,(H,15,17). The molecular formula is C13H21N5. The molecular weight excluding hydrogens is 226 g/mol. The van der Waals surface area contributed by atoms with E-state index in [1.165, 1.54) is 0 Å². The van der Waals surface area contributed by atoms with Gasteiger partial charge >= 0.3 is 0 Å². The average molecular weight is 247 g/mol. The van der Waals surface area contributed by atoms with Crippen molar-refractivity contribution in [2.24, 2.45) is 5.92 Å². The van der Waals surface area contributed by atoms with Crippen molar-refractivity contribution in [2.45, 2.75) is 20.8 Å². The Morgan fingerprint density at radius 3 is 2.56 bits per heavy atom. The molecule has 0 bridgehead atoms. The van der Waals surface area contributed by atoms with Crippen molar-refractivity contribution >= 4 is 5.82 Å². The molecule has 0 spiro atoms. The molecule has 0 saturated carbocycles. The fourth-order valence-electron chi connectivity index (χ4n) is 1.83. The second-order valence-corrected chi connectivity index (χ2v) is 4.99. The lowest BCUT2D eigenvalue weighted by Crippen LogP contribution is -2.25. The van der Waals surface area contributed by atoms with E-state index < -0.39 is 0 Å². The predicted molar refractivity (Wildman–Crippen MR) is 72.4 cm³/mol. The highest BCUT2D eigenvalue weighted by molar-refractivity contribution is 5.55. The highest BCUT2D eigenvalue weighted by Crippen LogP contribution is 2.17. The molecule has 5 heteroatoms. The Morgan fingerprint density at radius 1 is 1.33 bits per heavy atom. The summed E-state index contributed by atoms with van der Waals surface area (Å²) in [4.78, 5) is 2.14. The van der Waals surface area contributed by atoms with Crippen LogP contribution in [0, 0.1) is 31.1 Å². The SMILES string of the molecule is Cc1nnc(NCC(C)CN(C)C)c(C#N)c1C. The summed E-state index contributed by atoms with van der Waals surface area (Å²) in [6, 6.07) is 2.19. The third-order valence-corrected chi connectivity index (χ3v) is 2.86. The summed E-state index contributed by atoms with van der Waals surface area (Å²) in [7, 11) is 4.10. The Bertz CT molecular complexity index is 447. The molecule has 0 aliphatic rings. The first-order chi connectivity index (χ1) is 8.45. The van der Waals surface area contributed by atoms with Gasteiger partial charge in [0.25, 0.3) is 0 Å². The Kier molecular flexibility index (Phi) is 5.05. The minimum Gasteiger partial charge on any atom is -0.367 e. The van der Waals surface area contributed by atoms with Crippen LogP contribution in [-0.4, -0.2) is 42.3 Å². The van der Waals surface area contributed by atoms with Crippen LogP contribution < -0.4 is 5.32 Å². The minimum atomic E-state index is 0.481. The van der Waals surface area contributed by atoms with E-state index in [4.69, 9.17) is 5.26 Å². The molecule has 0 fully saturated rings. The molecule has 0 aliphatic heterocycles. The summed E-state index contributed by atoms with van der Waals surface area (Å²) in [5.41, 5.74) is 2.30. The van der Waals surface area contributed by atoms with Gasteiger partial charge in [-0.15, -0.1) is 5.10 Å². The van der Waals surface area contributed by atoms with E-state index in [0.29, 0.717) is 17.3 Å². The van der Waals surface area contributed by atoms with E-state index in [0.717, 1.165) is 24.3 Å². The van der Waals surface area contributed by atoms with Crippen molar-refractivity contribution in [2.75, 3.05) is 32.5 Å². The van der Waals surface area contributed by atoms with Crippen molar-refractivity contribution in [3.05, 3.63) is 16.8 Å². The zero-order chi connectivity index (χ0) is 13.7. The van der Waals surface area contributed by atoms with Crippen molar-refractivity contribution in [1.29, 1.82) is 5.26 Å². The number of nitrogens with one attached hydrogen (secondary N) is 1. The van der Waals surface area contributed by atoms with Crippen LogP contribution >= 0.6 is 0 Å². The van der Waals surface area contributed by atoms with Gasteiger partial charge in [0.2, 0.25) is 0 Å². The van der Waals surface area contributed by atoms with Crippen LogP contribution in [0.15, 0.2) is 0 Å². The van der Waals surface area contributed by atoms with Gasteiger partial charge in [0.05, 0.1) is 5.69 Å². The highest BCUT2D eigenvalue weighted by atomic mass is 15.2. The fourth-order valence-corrected chi connectivity index (χ4v) is 1.83. The number of rotatable bonds is 5. The maximum absolute atomic E-state index is 9.17. The van der Waals surface area contributed by atoms with E-state index in [2.05, 4.69) is 33.4 Å². The van der Waals surface area contributed by atoms with Gasteiger partial charge in [-0.3, -0.25) is 0 Å². The van der Waals surface area contributed by atoms with Gasteiger partial charge in [-0.25, -0.2) is 0 Å². The van der Waals surface area contributed by atoms with Crippen molar-refractivity contribution in [1.82, 2.24) is 15.1 Å². The molecule has 0 aromatic carbocycles. The van der Waals surface area contributed by atoms with Gasteiger partial charge in [0.1, 0.15) is 11.6 Å². The van der Waals surface area contributed by atoms with E-state index in [1.807, 2.05) is 27.9 Å². The summed E-state index contributed by atoms with van der Waals surface area (Å²) in [5, 5.41) is 20.5. The molecule has 0 saturated heterocycles. The lowest BCUT2D eigenvalue weighted by molar-refractivity contribution is 0.347. The molecule has 1 atom stereocenters. The largest absolute Gasteiger partial charge is 0.367 e. The van der Waals surface area contributed by atoms with E-state index in [9.17, 15) is 0 Å². The van der Waals surface area contributed by atoms with Gasteiger partial charge in [-0.05, 0) is 39.4 Å². The molecule has 1 heterocycles. The number of aromatic nitrogens is 2. The van der Waals surface area contributed by atoms with Gasteiger partial charge in [-0.1, -0.05) is 6.92 Å². The van der Waals surface area contributed by atoms with Gasteiger partial charge in [0, 0.05) is 13.1 Å². The van der Waals surface area contributed by atoms with Crippen molar-refractivity contribution < 1.29 is 0 Å². The van der Waals surface area contributed by atoms with Crippen LogP contribution in [0.3, 0.4) is 0 Å². The monoisotopic (exact) mass is 247 g/mol. The highest BCUT2D eigenvalue weighted by Gasteiger charge is 2.11. The zero-order valence-corrected chi connectivity index (χ0v) is 11.8. The third kappa shape index (κ3) is 3.67. The Hall–Kier alpha value is -1.67. The van der Waals surface area contributed by atoms with Gasteiger partial charge in [-0.2, -0.15) is 10.4 Å². The molecule has 18 heavy (non-hydrogen) atoms. The van der Waals surface area contributed by atoms with Crippen molar-refractivity contribution in [3.63, 3.8) is 0 Å². The number of hydrogen-bond donors (Lipinski definition) is 1.